The van der Waals surface area contributed by atoms with Crippen molar-refractivity contribution in [3.8, 4) is 0 Å². The maximum atomic E-state index is 11.7. The summed E-state index contributed by atoms with van der Waals surface area (Å²) in [5, 5.41) is 6.56. The topological polar surface area (TPSA) is 29.1 Å². The third-order valence-corrected chi connectivity index (χ3v) is 3.29. The summed E-state index contributed by atoms with van der Waals surface area (Å²) in [7, 11) is 0. The molecule has 0 spiro atoms. The molecule has 76 valence electrons. The molecule has 0 bridgehead atoms. The number of hydrogen-bond donors (Lipinski definition) is 1. The lowest BCUT2D eigenvalue weighted by atomic mass is 10.3. The highest BCUT2D eigenvalue weighted by atomic mass is 127. The van der Waals surface area contributed by atoms with Crippen LogP contribution in [-0.4, -0.2) is 5.91 Å². The highest BCUT2D eigenvalue weighted by Gasteiger charge is 2.05. The summed E-state index contributed by atoms with van der Waals surface area (Å²) in [4.78, 5) is 11.7. The summed E-state index contributed by atoms with van der Waals surface area (Å²) in [6, 6.07) is 9.53. The molecule has 1 aromatic carbocycles. The van der Waals surface area contributed by atoms with E-state index >= 15 is 0 Å². The van der Waals surface area contributed by atoms with E-state index in [2.05, 4.69) is 27.9 Å². The lowest BCUT2D eigenvalue weighted by Gasteiger charge is -2.03. The van der Waals surface area contributed by atoms with E-state index in [4.69, 9.17) is 0 Å². The number of rotatable bonds is 2. The fourth-order valence-corrected chi connectivity index (χ4v) is 2.13. The van der Waals surface area contributed by atoms with E-state index in [9.17, 15) is 4.79 Å². The molecule has 0 aliphatic heterocycles. The Kier molecular flexibility index (Phi) is 3.37. The summed E-state index contributed by atoms with van der Waals surface area (Å²) < 4.78 is 1.15. The summed E-state index contributed by atoms with van der Waals surface area (Å²) in [5.41, 5.74) is 1.53. The van der Waals surface area contributed by atoms with Crippen molar-refractivity contribution in [1.82, 2.24) is 0 Å². The number of thiophene rings is 1. The second kappa shape index (κ2) is 4.76. The molecule has 1 amide bonds. The number of halogens is 1. The van der Waals surface area contributed by atoms with Crippen LogP contribution in [0.4, 0.5) is 5.69 Å². The van der Waals surface area contributed by atoms with E-state index in [0.717, 1.165) is 9.26 Å². The number of benzene rings is 1. The minimum Gasteiger partial charge on any atom is -0.322 e. The molecule has 0 aliphatic rings. The highest BCUT2D eigenvalue weighted by Crippen LogP contribution is 2.13. The Morgan fingerprint density at radius 1 is 1.20 bits per heavy atom. The van der Waals surface area contributed by atoms with Crippen LogP contribution in [0, 0.1) is 3.57 Å². The van der Waals surface area contributed by atoms with Gasteiger partial charge in [-0.1, -0.05) is 0 Å². The van der Waals surface area contributed by atoms with Gasteiger partial charge in [-0.05, 0) is 58.3 Å². The fraction of sp³-hybridized carbons (Fsp3) is 0. The number of anilines is 1. The molecule has 0 radical (unpaired) electrons. The minimum atomic E-state index is -0.0579. The quantitative estimate of drug-likeness (QED) is 0.838. The van der Waals surface area contributed by atoms with Gasteiger partial charge in [-0.15, -0.1) is 0 Å². The molecule has 2 nitrogen and oxygen atoms in total. The summed E-state index contributed by atoms with van der Waals surface area (Å²) >= 11 is 3.75. The standard InChI is InChI=1S/C11H8INOS/c12-9-1-3-10(4-2-9)13-11(14)8-5-6-15-7-8/h1-7H,(H,13,14). The first-order chi connectivity index (χ1) is 7.25. The maximum absolute atomic E-state index is 11.7. The van der Waals surface area contributed by atoms with Gasteiger partial charge in [0.05, 0.1) is 5.56 Å². The van der Waals surface area contributed by atoms with E-state index < -0.39 is 0 Å². The molecule has 15 heavy (non-hydrogen) atoms. The van der Waals surface area contributed by atoms with E-state index in [1.807, 2.05) is 41.1 Å². The van der Waals surface area contributed by atoms with Crippen LogP contribution in [0.25, 0.3) is 0 Å². The van der Waals surface area contributed by atoms with Gasteiger partial charge in [0.15, 0.2) is 0 Å². The van der Waals surface area contributed by atoms with Crippen LogP contribution < -0.4 is 5.32 Å². The van der Waals surface area contributed by atoms with Crippen LogP contribution in [0.2, 0.25) is 0 Å². The Balaban J connectivity index is 2.09. The van der Waals surface area contributed by atoms with Gasteiger partial charge >= 0.3 is 0 Å². The Labute approximate surface area is 105 Å². The minimum absolute atomic E-state index is 0.0579. The average Bonchev–Trinajstić information content (AvgIpc) is 2.74. The zero-order valence-electron chi connectivity index (χ0n) is 7.74. The van der Waals surface area contributed by atoms with Crippen molar-refractivity contribution in [3.63, 3.8) is 0 Å². The summed E-state index contributed by atoms with van der Waals surface area (Å²) in [6.07, 6.45) is 0. The molecule has 4 heteroatoms. The second-order valence-corrected chi connectivity index (χ2v) is 5.00. The lowest BCUT2D eigenvalue weighted by Crippen LogP contribution is -2.10. The molecule has 1 aromatic heterocycles. The molecule has 2 aromatic rings. The third-order valence-electron chi connectivity index (χ3n) is 1.89. The van der Waals surface area contributed by atoms with Crippen molar-refractivity contribution in [2.24, 2.45) is 0 Å². The van der Waals surface area contributed by atoms with Crippen molar-refractivity contribution in [2.45, 2.75) is 0 Å². The van der Waals surface area contributed by atoms with Gasteiger partial charge in [0.2, 0.25) is 0 Å². The molecule has 0 saturated carbocycles. The van der Waals surface area contributed by atoms with Gasteiger partial charge in [-0.2, -0.15) is 11.3 Å². The van der Waals surface area contributed by atoms with Crippen LogP contribution >= 0.6 is 33.9 Å². The average molecular weight is 329 g/mol. The van der Waals surface area contributed by atoms with Crippen molar-refractivity contribution in [2.75, 3.05) is 5.32 Å². The molecule has 1 N–H and O–H groups in total. The van der Waals surface area contributed by atoms with Crippen LogP contribution in [0.1, 0.15) is 10.4 Å². The van der Waals surface area contributed by atoms with Crippen LogP contribution in [0.5, 0.6) is 0 Å². The number of hydrogen-bond acceptors (Lipinski definition) is 2. The highest BCUT2D eigenvalue weighted by molar-refractivity contribution is 14.1. The van der Waals surface area contributed by atoms with Gasteiger partial charge in [0.1, 0.15) is 0 Å². The fourth-order valence-electron chi connectivity index (χ4n) is 1.13. The third kappa shape index (κ3) is 2.79. The Morgan fingerprint density at radius 2 is 1.93 bits per heavy atom. The van der Waals surface area contributed by atoms with Gasteiger partial charge in [-0.25, -0.2) is 0 Å². The first-order valence-corrected chi connectivity index (χ1v) is 6.37. The van der Waals surface area contributed by atoms with E-state index in [1.165, 1.54) is 11.3 Å². The first-order valence-electron chi connectivity index (χ1n) is 4.35. The van der Waals surface area contributed by atoms with E-state index in [1.54, 1.807) is 0 Å². The SMILES string of the molecule is O=C(Nc1ccc(I)cc1)c1ccsc1. The van der Waals surface area contributed by atoms with Gasteiger partial charge < -0.3 is 5.32 Å². The molecular weight excluding hydrogens is 321 g/mol. The van der Waals surface area contributed by atoms with E-state index in [0.29, 0.717) is 5.56 Å². The zero-order valence-corrected chi connectivity index (χ0v) is 10.7. The molecule has 1 heterocycles. The summed E-state index contributed by atoms with van der Waals surface area (Å²) in [5.74, 6) is -0.0579. The molecule has 2 rings (SSSR count). The monoisotopic (exact) mass is 329 g/mol. The molecule has 0 unspecified atom stereocenters. The Hall–Kier alpha value is -0.880. The van der Waals surface area contributed by atoms with Crippen molar-refractivity contribution in [3.05, 3.63) is 50.2 Å². The first kappa shape index (κ1) is 10.6. The smallest absolute Gasteiger partial charge is 0.256 e. The predicted octanol–water partition coefficient (Wildman–Crippen LogP) is 3.61. The molecule has 0 aliphatic carbocycles. The van der Waals surface area contributed by atoms with Crippen LogP contribution in [0.15, 0.2) is 41.1 Å². The Morgan fingerprint density at radius 3 is 2.53 bits per heavy atom. The van der Waals surface area contributed by atoms with Crippen molar-refractivity contribution >= 4 is 45.5 Å². The van der Waals surface area contributed by atoms with Crippen molar-refractivity contribution < 1.29 is 4.79 Å². The Bertz CT molecular complexity index is 450. The second-order valence-electron chi connectivity index (χ2n) is 2.97. The largest absolute Gasteiger partial charge is 0.322 e. The predicted molar refractivity (Wildman–Crippen MR) is 71.4 cm³/mol. The molecular formula is C11H8INOS. The van der Waals surface area contributed by atoms with E-state index in [-0.39, 0.29) is 5.91 Å². The lowest BCUT2D eigenvalue weighted by molar-refractivity contribution is 0.102. The number of carbonyl (C=O) groups excluding carboxylic acids is 1. The molecule has 0 fully saturated rings. The maximum Gasteiger partial charge on any atom is 0.256 e. The number of nitrogens with one attached hydrogen (secondary N) is 1. The normalized spacial score (nSPS) is 9.93. The van der Waals surface area contributed by atoms with Crippen LogP contribution in [0.3, 0.4) is 0 Å². The number of carbonyl (C=O) groups is 1. The molecule has 0 atom stereocenters. The van der Waals surface area contributed by atoms with Crippen LogP contribution in [-0.2, 0) is 0 Å². The zero-order chi connectivity index (χ0) is 10.7. The van der Waals surface area contributed by atoms with Gasteiger partial charge in [-0.3, -0.25) is 4.79 Å². The molecule has 0 saturated heterocycles. The summed E-state index contributed by atoms with van der Waals surface area (Å²) in [6.45, 7) is 0. The number of amides is 1. The van der Waals surface area contributed by atoms with Gasteiger partial charge in [0.25, 0.3) is 5.91 Å². The van der Waals surface area contributed by atoms with Crippen molar-refractivity contribution in [1.29, 1.82) is 0 Å². The van der Waals surface area contributed by atoms with Gasteiger partial charge in [0, 0.05) is 14.6 Å².